The van der Waals surface area contributed by atoms with E-state index < -0.39 is 23.7 Å². The molecule has 0 saturated carbocycles. The molecule has 2 aromatic heterocycles. The van der Waals surface area contributed by atoms with Gasteiger partial charge in [0.15, 0.2) is 0 Å². The van der Waals surface area contributed by atoms with Crippen LogP contribution < -0.4 is 15.7 Å². The summed E-state index contributed by atoms with van der Waals surface area (Å²) < 4.78 is 16.4. The maximum Gasteiger partial charge on any atom is 0.408 e. The van der Waals surface area contributed by atoms with Crippen LogP contribution in [-0.4, -0.2) is 23.1 Å². The van der Waals surface area contributed by atoms with Gasteiger partial charge in [-0.15, -0.1) is 0 Å². The Morgan fingerprint density at radius 3 is 2.56 bits per heavy atom. The lowest BCUT2D eigenvalue weighted by atomic mass is 10.0. The molecule has 0 bridgehead atoms. The summed E-state index contributed by atoms with van der Waals surface area (Å²) in [6, 6.07) is 22.3. The minimum absolute atomic E-state index is 0.0608. The molecule has 198 valence electrons. The van der Waals surface area contributed by atoms with E-state index in [1.165, 1.54) is 12.1 Å². The third-order valence-corrected chi connectivity index (χ3v) is 6.43. The molecule has 5 aromatic rings. The highest BCUT2D eigenvalue weighted by molar-refractivity contribution is 5.88. The fraction of sp³-hybridized carbons (Fsp3) is 0.194. The average molecular weight is 525 g/mol. The average Bonchev–Trinajstić information content (AvgIpc) is 3.35. The zero-order chi connectivity index (χ0) is 27.2. The molecule has 0 saturated heterocycles. The number of para-hydroxylation sites is 1. The highest BCUT2D eigenvalue weighted by atomic mass is 16.6. The molecule has 0 aliphatic rings. The highest BCUT2D eigenvalue weighted by Gasteiger charge is 2.26. The fourth-order valence-corrected chi connectivity index (χ4v) is 4.56. The Kier molecular flexibility index (Phi) is 7.73. The molecule has 5 rings (SSSR count). The number of benzene rings is 3. The Labute approximate surface area is 224 Å². The number of ether oxygens (including phenoxy) is 2. The molecule has 8 heteroatoms. The molecule has 0 spiro atoms. The van der Waals surface area contributed by atoms with Crippen molar-refractivity contribution in [3.63, 3.8) is 0 Å². The maximum absolute atomic E-state index is 13.4. The van der Waals surface area contributed by atoms with Crippen molar-refractivity contribution in [2.24, 2.45) is 0 Å². The third-order valence-electron chi connectivity index (χ3n) is 6.43. The summed E-state index contributed by atoms with van der Waals surface area (Å²) >= 11 is 0. The van der Waals surface area contributed by atoms with Crippen molar-refractivity contribution in [3.8, 4) is 5.75 Å². The largest absolute Gasteiger partial charge is 0.445 e. The first-order chi connectivity index (χ1) is 19.0. The number of aromatic amines is 1. The molecule has 1 unspecified atom stereocenters. The Morgan fingerprint density at radius 1 is 0.949 bits per heavy atom. The first kappa shape index (κ1) is 25.8. The summed E-state index contributed by atoms with van der Waals surface area (Å²) in [5, 5.41) is 4.38. The molecule has 0 aliphatic heterocycles. The number of alkyl carbamates (subject to hydrolysis) is 1. The predicted octanol–water partition coefficient (Wildman–Crippen LogP) is 5.67. The quantitative estimate of drug-likeness (QED) is 0.146. The van der Waals surface area contributed by atoms with Gasteiger partial charge in [0.2, 0.25) is 0 Å². The van der Waals surface area contributed by atoms with Crippen LogP contribution in [0.2, 0.25) is 0 Å². The van der Waals surface area contributed by atoms with E-state index >= 15 is 0 Å². The van der Waals surface area contributed by atoms with Crippen LogP contribution in [-0.2, 0) is 29.0 Å². The summed E-state index contributed by atoms with van der Waals surface area (Å²) in [7, 11) is 0. The van der Waals surface area contributed by atoms with E-state index in [-0.39, 0.29) is 18.8 Å². The zero-order valence-corrected chi connectivity index (χ0v) is 21.4. The van der Waals surface area contributed by atoms with Gasteiger partial charge in [0.1, 0.15) is 24.0 Å². The van der Waals surface area contributed by atoms with Gasteiger partial charge in [-0.3, -0.25) is 0 Å². The topological polar surface area (TPSA) is 111 Å². The van der Waals surface area contributed by atoms with Gasteiger partial charge in [-0.1, -0.05) is 61.9 Å². The monoisotopic (exact) mass is 524 g/mol. The van der Waals surface area contributed by atoms with Crippen molar-refractivity contribution in [3.05, 3.63) is 112 Å². The van der Waals surface area contributed by atoms with Gasteiger partial charge in [-0.2, -0.15) is 0 Å². The molecule has 2 N–H and O–H groups in total. The van der Waals surface area contributed by atoms with E-state index in [1.807, 2.05) is 67.7 Å². The van der Waals surface area contributed by atoms with E-state index in [0.29, 0.717) is 5.58 Å². The maximum atomic E-state index is 13.4. The summed E-state index contributed by atoms with van der Waals surface area (Å²) in [4.78, 5) is 41.3. The lowest BCUT2D eigenvalue weighted by Gasteiger charge is -2.18. The van der Waals surface area contributed by atoms with Gasteiger partial charge in [-0.05, 0) is 41.3 Å². The third kappa shape index (κ3) is 6.18. The number of H-pyrrole nitrogens is 1. The van der Waals surface area contributed by atoms with Crippen LogP contribution in [0.15, 0.2) is 94.3 Å². The molecule has 3 aromatic carbocycles. The van der Waals surface area contributed by atoms with Gasteiger partial charge >= 0.3 is 17.7 Å². The van der Waals surface area contributed by atoms with Crippen molar-refractivity contribution in [1.29, 1.82) is 0 Å². The van der Waals surface area contributed by atoms with E-state index in [0.717, 1.165) is 45.8 Å². The van der Waals surface area contributed by atoms with E-state index in [1.54, 1.807) is 12.1 Å². The number of nitrogens with one attached hydrogen (secondary N) is 2. The lowest BCUT2D eigenvalue weighted by Crippen LogP contribution is -2.44. The second-order valence-electron chi connectivity index (χ2n) is 9.24. The van der Waals surface area contributed by atoms with Crippen LogP contribution in [0.1, 0.15) is 30.0 Å². The summed E-state index contributed by atoms with van der Waals surface area (Å²) in [6.45, 7) is 2.09. The highest BCUT2D eigenvalue weighted by Crippen LogP contribution is 2.25. The number of esters is 1. The summed E-state index contributed by atoms with van der Waals surface area (Å²) in [6.07, 6.45) is 2.84. The zero-order valence-electron chi connectivity index (χ0n) is 21.4. The van der Waals surface area contributed by atoms with Crippen molar-refractivity contribution >= 4 is 33.9 Å². The van der Waals surface area contributed by atoms with Crippen LogP contribution in [0, 0.1) is 0 Å². The van der Waals surface area contributed by atoms with Crippen molar-refractivity contribution in [1.82, 2.24) is 10.3 Å². The molecule has 0 radical (unpaired) electrons. The SMILES string of the molecule is CCCc1cc(=O)oc2cc(OC(=O)C(Cc3c[nH]c4ccccc34)NC(=O)OCc3ccccc3)ccc12. The van der Waals surface area contributed by atoms with Crippen molar-refractivity contribution in [2.45, 2.75) is 38.8 Å². The van der Waals surface area contributed by atoms with E-state index in [9.17, 15) is 14.4 Å². The summed E-state index contributed by atoms with van der Waals surface area (Å²) in [5.41, 5.74) is 3.32. The number of rotatable bonds is 9. The standard InChI is InChI=1S/C31H28N2O6/c1-2-8-21-16-29(34)39-28-17-23(13-14-25(21)28)38-30(35)27(15-22-18-32-26-12-7-6-11-24(22)26)33-31(36)37-19-20-9-4-3-5-10-20/h3-7,9-14,16-18,27,32H,2,8,15,19H2,1H3,(H,33,36). The molecule has 8 nitrogen and oxygen atoms in total. The predicted molar refractivity (Wildman–Crippen MR) is 148 cm³/mol. The lowest BCUT2D eigenvalue weighted by molar-refractivity contribution is -0.136. The van der Waals surface area contributed by atoms with Gasteiger partial charge in [-0.25, -0.2) is 14.4 Å². The Hall–Kier alpha value is -4.85. The first-order valence-electron chi connectivity index (χ1n) is 12.8. The number of aryl methyl sites for hydroxylation is 1. The van der Waals surface area contributed by atoms with Crippen molar-refractivity contribution in [2.75, 3.05) is 0 Å². The number of aromatic nitrogens is 1. The van der Waals surface area contributed by atoms with Crippen molar-refractivity contribution < 1.29 is 23.5 Å². The molecule has 0 aliphatic carbocycles. The van der Waals surface area contributed by atoms with Gasteiger partial charge in [0, 0.05) is 41.0 Å². The molecular weight excluding hydrogens is 496 g/mol. The number of hydrogen-bond acceptors (Lipinski definition) is 6. The first-order valence-corrected chi connectivity index (χ1v) is 12.8. The number of fused-ring (bicyclic) bond motifs is 2. The number of hydrogen-bond donors (Lipinski definition) is 2. The van der Waals surface area contributed by atoms with Crippen LogP contribution in [0.25, 0.3) is 21.9 Å². The van der Waals surface area contributed by atoms with Crippen LogP contribution >= 0.6 is 0 Å². The molecule has 39 heavy (non-hydrogen) atoms. The molecule has 1 atom stereocenters. The number of carbonyl (C=O) groups is 2. The Balaban J connectivity index is 1.37. The minimum atomic E-state index is -1.04. The van der Waals surface area contributed by atoms with Gasteiger partial charge in [0.25, 0.3) is 0 Å². The van der Waals surface area contributed by atoms with E-state index in [2.05, 4.69) is 10.3 Å². The number of amides is 1. The molecule has 2 heterocycles. The smallest absolute Gasteiger partial charge is 0.408 e. The molecular formula is C31H28N2O6. The number of carbonyl (C=O) groups excluding carboxylic acids is 2. The van der Waals surface area contributed by atoms with E-state index in [4.69, 9.17) is 13.9 Å². The van der Waals surface area contributed by atoms with Gasteiger partial charge < -0.3 is 24.2 Å². The Bertz CT molecular complexity index is 1670. The molecule has 0 fully saturated rings. The summed E-state index contributed by atoms with van der Waals surface area (Å²) in [5.74, 6) is -0.476. The van der Waals surface area contributed by atoms with Gasteiger partial charge in [0.05, 0.1) is 0 Å². The molecule has 1 amide bonds. The second kappa shape index (κ2) is 11.7. The normalized spacial score (nSPS) is 11.8. The second-order valence-corrected chi connectivity index (χ2v) is 9.24. The fourth-order valence-electron chi connectivity index (χ4n) is 4.56. The van der Waals surface area contributed by atoms with Crippen LogP contribution in [0.4, 0.5) is 4.79 Å². The van der Waals surface area contributed by atoms with Crippen LogP contribution in [0.5, 0.6) is 5.75 Å². The van der Waals surface area contributed by atoms with Crippen LogP contribution in [0.3, 0.4) is 0 Å². The Morgan fingerprint density at radius 2 is 1.74 bits per heavy atom. The minimum Gasteiger partial charge on any atom is -0.445 e.